The van der Waals surface area contributed by atoms with E-state index in [1.54, 1.807) is 0 Å². The number of phenolic OH excluding ortho intramolecular Hbond substituents is 1. The van der Waals surface area contributed by atoms with Gasteiger partial charge in [0.2, 0.25) is 9.84 Å². The highest BCUT2D eigenvalue weighted by molar-refractivity contribution is 7.91. The number of hydrogen-bond acceptors (Lipinski definition) is 4. The van der Waals surface area contributed by atoms with Gasteiger partial charge in [0.1, 0.15) is 5.75 Å². The summed E-state index contributed by atoms with van der Waals surface area (Å²) in [7, 11) is -3.71. The van der Waals surface area contributed by atoms with E-state index < -0.39 is 15.8 Å². The number of hydrogen-bond donors (Lipinski definition) is 2. The fraction of sp³-hybridized carbons (Fsp3) is 0. The van der Waals surface area contributed by atoms with Crippen LogP contribution in [0.5, 0.6) is 5.75 Å². The SMILES string of the molecule is C=C(C(=O)O)c1ccc(S(=O)(=O)c2ccc(O)cc2)cc1. The normalized spacial score (nSPS) is 11.0. The minimum absolute atomic E-state index is 0.0259. The Hall–Kier alpha value is -2.60. The van der Waals surface area contributed by atoms with Crippen molar-refractivity contribution in [3.8, 4) is 5.75 Å². The highest BCUT2D eigenvalue weighted by Crippen LogP contribution is 2.24. The third-order valence-electron chi connectivity index (χ3n) is 2.92. The van der Waals surface area contributed by atoms with E-state index in [9.17, 15) is 18.3 Å². The lowest BCUT2D eigenvalue weighted by Crippen LogP contribution is -2.03. The number of benzene rings is 2. The molecule has 0 aliphatic heterocycles. The van der Waals surface area contributed by atoms with Crippen molar-refractivity contribution >= 4 is 21.4 Å². The topological polar surface area (TPSA) is 91.7 Å². The van der Waals surface area contributed by atoms with Gasteiger partial charge in [0, 0.05) is 0 Å². The van der Waals surface area contributed by atoms with Crippen LogP contribution in [0.4, 0.5) is 0 Å². The summed E-state index contributed by atoms with van der Waals surface area (Å²) in [6, 6.07) is 10.6. The molecule has 5 nitrogen and oxygen atoms in total. The van der Waals surface area contributed by atoms with E-state index in [4.69, 9.17) is 5.11 Å². The van der Waals surface area contributed by atoms with Crippen molar-refractivity contribution in [1.29, 1.82) is 0 Å². The van der Waals surface area contributed by atoms with Gasteiger partial charge in [-0.2, -0.15) is 0 Å². The molecule has 2 rings (SSSR count). The molecule has 0 saturated carbocycles. The first-order chi connectivity index (χ1) is 9.82. The van der Waals surface area contributed by atoms with E-state index >= 15 is 0 Å². The highest BCUT2D eigenvalue weighted by Gasteiger charge is 2.18. The maximum absolute atomic E-state index is 12.3. The fourth-order valence-electron chi connectivity index (χ4n) is 1.72. The van der Waals surface area contributed by atoms with Crippen molar-refractivity contribution in [2.24, 2.45) is 0 Å². The highest BCUT2D eigenvalue weighted by atomic mass is 32.2. The van der Waals surface area contributed by atoms with Crippen LogP contribution in [0.25, 0.3) is 5.57 Å². The van der Waals surface area contributed by atoms with Crippen LogP contribution in [0.15, 0.2) is 64.9 Å². The number of carboxylic acids is 1. The van der Waals surface area contributed by atoms with Crippen molar-refractivity contribution in [2.45, 2.75) is 9.79 Å². The molecule has 0 heterocycles. The quantitative estimate of drug-likeness (QED) is 0.846. The zero-order chi connectivity index (χ0) is 15.6. The van der Waals surface area contributed by atoms with Crippen LogP contribution in [0, 0.1) is 0 Å². The number of sulfone groups is 1. The van der Waals surface area contributed by atoms with Gasteiger partial charge in [-0.3, -0.25) is 0 Å². The summed E-state index contributed by atoms with van der Waals surface area (Å²) in [4.78, 5) is 10.9. The molecule has 6 heteroatoms. The average molecular weight is 304 g/mol. The molecule has 0 aromatic heterocycles. The predicted octanol–water partition coefficient (Wildman–Crippen LogP) is 2.32. The maximum atomic E-state index is 12.3. The second-order valence-corrected chi connectivity index (χ2v) is 6.26. The third kappa shape index (κ3) is 2.95. The number of carbonyl (C=O) groups is 1. The van der Waals surface area contributed by atoms with Crippen molar-refractivity contribution in [1.82, 2.24) is 0 Å². The lowest BCUT2D eigenvalue weighted by Gasteiger charge is -2.06. The average Bonchev–Trinajstić information content (AvgIpc) is 2.47. The summed E-state index contributed by atoms with van der Waals surface area (Å²) in [6.07, 6.45) is 0. The van der Waals surface area contributed by atoms with Crippen LogP contribution < -0.4 is 0 Å². The Morgan fingerprint density at radius 3 is 1.76 bits per heavy atom. The largest absolute Gasteiger partial charge is 0.508 e. The van der Waals surface area contributed by atoms with Gasteiger partial charge < -0.3 is 10.2 Å². The van der Waals surface area contributed by atoms with Crippen LogP contribution in [0.2, 0.25) is 0 Å². The van der Waals surface area contributed by atoms with Gasteiger partial charge in [-0.15, -0.1) is 0 Å². The van der Waals surface area contributed by atoms with Gasteiger partial charge in [-0.1, -0.05) is 18.7 Å². The molecule has 0 spiro atoms. The summed E-state index contributed by atoms with van der Waals surface area (Å²) in [5.74, 6) is -1.19. The number of rotatable bonds is 4. The number of aliphatic carboxylic acids is 1. The standard InChI is InChI=1S/C15H12O5S/c1-10(15(17)18)11-2-6-13(7-3-11)21(19,20)14-8-4-12(16)5-9-14/h2-9,16H,1H2,(H,17,18). The molecular formula is C15H12O5S. The van der Waals surface area contributed by atoms with Gasteiger partial charge >= 0.3 is 5.97 Å². The molecule has 21 heavy (non-hydrogen) atoms. The number of aromatic hydroxyl groups is 1. The van der Waals surface area contributed by atoms with E-state index in [1.807, 2.05) is 0 Å². The molecule has 0 amide bonds. The van der Waals surface area contributed by atoms with Crippen LogP contribution in [-0.2, 0) is 14.6 Å². The first-order valence-corrected chi connectivity index (χ1v) is 7.37. The Morgan fingerprint density at radius 2 is 1.33 bits per heavy atom. The molecule has 0 aliphatic rings. The molecular weight excluding hydrogens is 292 g/mol. The minimum atomic E-state index is -3.71. The Morgan fingerprint density at radius 1 is 0.905 bits per heavy atom. The lowest BCUT2D eigenvalue weighted by atomic mass is 10.1. The smallest absolute Gasteiger partial charge is 0.335 e. The van der Waals surface area contributed by atoms with E-state index in [0.717, 1.165) is 0 Å². The molecule has 2 aromatic carbocycles. The van der Waals surface area contributed by atoms with E-state index in [2.05, 4.69) is 6.58 Å². The second kappa shape index (κ2) is 5.41. The Labute approximate surface area is 121 Å². The Kier molecular flexibility index (Phi) is 3.82. The molecule has 0 radical (unpaired) electrons. The van der Waals surface area contributed by atoms with Crippen LogP contribution in [0.1, 0.15) is 5.56 Å². The van der Waals surface area contributed by atoms with Gasteiger partial charge in [0.05, 0.1) is 15.4 Å². The molecule has 0 saturated heterocycles. The van der Waals surface area contributed by atoms with Gasteiger partial charge in [-0.05, 0) is 42.0 Å². The van der Waals surface area contributed by atoms with Gasteiger partial charge in [0.25, 0.3) is 0 Å². The molecule has 0 aliphatic carbocycles. The summed E-state index contributed by atoms with van der Waals surface area (Å²) in [5, 5.41) is 18.0. The molecule has 0 unspecified atom stereocenters. The van der Waals surface area contributed by atoms with Crippen molar-refractivity contribution in [3.63, 3.8) is 0 Å². The molecule has 0 fully saturated rings. The summed E-state index contributed by atoms with van der Waals surface area (Å²) in [5.41, 5.74) is 0.232. The summed E-state index contributed by atoms with van der Waals surface area (Å²) in [6.45, 7) is 3.41. The zero-order valence-corrected chi connectivity index (χ0v) is 11.7. The Bertz CT molecular complexity index is 787. The first-order valence-electron chi connectivity index (χ1n) is 5.89. The monoisotopic (exact) mass is 304 g/mol. The Balaban J connectivity index is 2.40. The first kappa shape index (κ1) is 14.8. The number of carboxylic acid groups (broad SMARTS) is 1. The number of phenols is 1. The van der Waals surface area contributed by atoms with E-state index in [-0.39, 0.29) is 21.1 Å². The summed E-state index contributed by atoms with van der Waals surface area (Å²) < 4.78 is 24.7. The van der Waals surface area contributed by atoms with Gasteiger partial charge in [-0.25, -0.2) is 13.2 Å². The van der Waals surface area contributed by atoms with Crippen molar-refractivity contribution < 1.29 is 23.4 Å². The van der Waals surface area contributed by atoms with E-state index in [1.165, 1.54) is 48.5 Å². The van der Waals surface area contributed by atoms with Crippen molar-refractivity contribution in [2.75, 3.05) is 0 Å². The molecule has 0 atom stereocenters. The molecule has 0 bridgehead atoms. The fourth-order valence-corrected chi connectivity index (χ4v) is 2.98. The third-order valence-corrected chi connectivity index (χ3v) is 4.70. The predicted molar refractivity (Wildman–Crippen MR) is 76.7 cm³/mol. The van der Waals surface area contributed by atoms with Crippen LogP contribution in [0.3, 0.4) is 0 Å². The minimum Gasteiger partial charge on any atom is -0.508 e. The second-order valence-electron chi connectivity index (χ2n) is 4.31. The van der Waals surface area contributed by atoms with Crippen molar-refractivity contribution in [3.05, 3.63) is 60.7 Å². The lowest BCUT2D eigenvalue weighted by molar-refractivity contribution is -0.130. The van der Waals surface area contributed by atoms with Gasteiger partial charge in [0.15, 0.2) is 0 Å². The maximum Gasteiger partial charge on any atom is 0.335 e. The molecule has 2 N–H and O–H groups in total. The summed E-state index contributed by atoms with van der Waals surface area (Å²) >= 11 is 0. The van der Waals surface area contributed by atoms with E-state index in [0.29, 0.717) is 5.56 Å². The van der Waals surface area contributed by atoms with Crippen LogP contribution in [-0.4, -0.2) is 24.6 Å². The zero-order valence-electron chi connectivity index (χ0n) is 10.9. The molecule has 108 valence electrons. The van der Waals surface area contributed by atoms with Crippen LogP contribution >= 0.6 is 0 Å². The molecule has 2 aromatic rings.